The van der Waals surface area contributed by atoms with Crippen LogP contribution in [-0.2, 0) is 20.8 Å². The van der Waals surface area contributed by atoms with Gasteiger partial charge in [-0.25, -0.2) is 29.0 Å². The number of anilines is 2. The van der Waals surface area contributed by atoms with Gasteiger partial charge in [-0.05, 0) is 78.1 Å². The predicted octanol–water partition coefficient (Wildman–Crippen LogP) is 5.02. The van der Waals surface area contributed by atoms with E-state index in [1.54, 1.807) is 23.1 Å². The summed E-state index contributed by atoms with van der Waals surface area (Å²) in [4.78, 5) is 27.3. The van der Waals surface area contributed by atoms with Crippen molar-refractivity contribution in [2.45, 2.75) is 127 Å². The van der Waals surface area contributed by atoms with E-state index in [0.717, 1.165) is 113 Å². The molecule has 1 N–H and O–H groups in total. The fourth-order valence-electron chi connectivity index (χ4n) is 10.2. The van der Waals surface area contributed by atoms with Gasteiger partial charge in [-0.2, -0.15) is 20.4 Å². The molecule has 0 radical (unpaired) electrons. The number of aliphatic imine (C=N–C) groups is 2. The van der Waals surface area contributed by atoms with Crippen LogP contribution in [0.1, 0.15) is 88.2 Å². The number of nitrogens with one attached hydrogen (secondary N) is 1. The summed E-state index contributed by atoms with van der Waals surface area (Å²) in [6.45, 7) is 8.85. The van der Waals surface area contributed by atoms with Crippen LogP contribution in [0.5, 0.6) is 17.4 Å². The molecule has 2 aliphatic carbocycles. The molecule has 6 aliphatic rings. The van der Waals surface area contributed by atoms with E-state index in [-0.39, 0.29) is 43.2 Å². The van der Waals surface area contributed by atoms with Crippen LogP contribution < -0.4 is 29.3 Å². The Balaban J connectivity index is 0.708. The minimum absolute atomic E-state index is 0.0477. The number of hydrogen-bond donors (Lipinski definition) is 1. The number of pyridine rings is 2. The number of nitriles is 1. The number of nitrogens with zero attached hydrogens (tertiary/aromatic N) is 12. The Morgan fingerprint density at radius 3 is 2.27 bits per heavy atom. The number of hydrogen-bond acceptors (Lipinski definition) is 17. The van der Waals surface area contributed by atoms with Crippen LogP contribution in [0.4, 0.5) is 11.4 Å². The smallest absolute Gasteiger partial charge is 0.218 e. The second-order valence-electron chi connectivity index (χ2n) is 18.7. The molecule has 2 saturated carbocycles. The summed E-state index contributed by atoms with van der Waals surface area (Å²) in [5.74, 6) is 3.29. The highest BCUT2D eigenvalue weighted by Crippen LogP contribution is 2.37. The van der Waals surface area contributed by atoms with Gasteiger partial charge >= 0.3 is 0 Å². The number of ether oxygens (including phenoxy) is 6. The third-order valence-electron chi connectivity index (χ3n) is 13.8. The number of guanidine groups is 1. The lowest BCUT2D eigenvalue weighted by Gasteiger charge is -2.34. The van der Waals surface area contributed by atoms with Crippen molar-refractivity contribution in [3.63, 3.8) is 0 Å². The molecule has 11 rings (SSSR count). The van der Waals surface area contributed by atoms with Crippen molar-refractivity contribution in [2.24, 2.45) is 9.98 Å². The van der Waals surface area contributed by atoms with Gasteiger partial charge in [0.15, 0.2) is 11.4 Å². The first-order chi connectivity index (χ1) is 32.3. The first-order valence-corrected chi connectivity index (χ1v) is 23.6. The van der Waals surface area contributed by atoms with Crippen molar-refractivity contribution in [1.82, 2.24) is 39.5 Å². The predicted molar refractivity (Wildman–Crippen MR) is 244 cm³/mol. The molecule has 66 heavy (non-hydrogen) atoms. The Bertz CT molecular complexity index is 2630. The van der Waals surface area contributed by atoms with Crippen LogP contribution in [0.25, 0.3) is 11.2 Å². The Labute approximate surface area is 383 Å². The topological polar surface area (TPSA) is 196 Å². The number of morpholine rings is 2. The number of rotatable bonds is 12. The van der Waals surface area contributed by atoms with Crippen LogP contribution in [0.3, 0.4) is 0 Å². The lowest BCUT2D eigenvalue weighted by Crippen LogP contribution is -2.44. The van der Waals surface area contributed by atoms with E-state index in [1.165, 1.54) is 0 Å². The first kappa shape index (κ1) is 42.5. The monoisotopic (exact) mass is 899 g/mol. The molecule has 3 unspecified atom stereocenters. The maximum Gasteiger partial charge on any atom is 0.218 e. The summed E-state index contributed by atoms with van der Waals surface area (Å²) in [7, 11) is 0. The number of aromatic nitrogens is 7. The molecular formula is C47H57N13O6. The molecule has 0 spiro atoms. The van der Waals surface area contributed by atoms with Gasteiger partial charge in [-0.15, -0.1) is 0 Å². The van der Waals surface area contributed by atoms with E-state index >= 15 is 0 Å². The zero-order valence-corrected chi connectivity index (χ0v) is 37.6. The number of fused-ring (bicyclic) bond motifs is 4. The van der Waals surface area contributed by atoms with Crippen molar-refractivity contribution in [2.75, 3.05) is 55.7 Å². The molecule has 5 fully saturated rings. The highest BCUT2D eigenvalue weighted by Gasteiger charge is 2.35. The molecule has 19 nitrogen and oxygen atoms in total. The van der Waals surface area contributed by atoms with E-state index < -0.39 is 5.60 Å². The molecule has 19 heteroatoms. The van der Waals surface area contributed by atoms with Gasteiger partial charge < -0.3 is 43.5 Å². The van der Waals surface area contributed by atoms with Gasteiger partial charge in [0.05, 0.1) is 74.5 Å². The second-order valence-corrected chi connectivity index (χ2v) is 18.7. The van der Waals surface area contributed by atoms with Crippen molar-refractivity contribution < 1.29 is 28.4 Å². The fraction of sp³-hybridized carbons (Fsp3) is 0.574. The molecule has 3 atom stereocenters. The number of aryl methyl sites for hydroxylation is 1. The molecule has 5 aromatic heterocycles. The minimum Gasteiger partial charge on any atom is -0.488 e. The molecule has 346 valence electrons. The normalized spacial score (nSPS) is 27.7. The second kappa shape index (κ2) is 18.3. The van der Waals surface area contributed by atoms with Gasteiger partial charge in [-0.3, -0.25) is 0 Å². The zero-order valence-electron chi connectivity index (χ0n) is 37.6. The third-order valence-corrected chi connectivity index (χ3v) is 13.8. The molecule has 9 heterocycles. The van der Waals surface area contributed by atoms with Crippen LogP contribution in [0.15, 0.2) is 53.1 Å². The lowest BCUT2D eigenvalue weighted by molar-refractivity contribution is 0.0160. The summed E-state index contributed by atoms with van der Waals surface area (Å²) in [6.07, 6.45) is 18.9. The van der Waals surface area contributed by atoms with Crippen molar-refractivity contribution in [3.05, 3.63) is 60.2 Å². The van der Waals surface area contributed by atoms with E-state index in [4.69, 9.17) is 43.5 Å². The molecule has 5 aromatic rings. The van der Waals surface area contributed by atoms with E-state index in [9.17, 15) is 5.26 Å². The summed E-state index contributed by atoms with van der Waals surface area (Å²) in [5.41, 5.74) is 3.60. The quantitative estimate of drug-likeness (QED) is 0.175. The molecule has 0 amide bonds. The largest absolute Gasteiger partial charge is 0.488 e. The highest BCUT2D eigenvalue weighted by molar-refractivity contribution is 5.92. The standard InChI is InChI=1S/C47H57N13O6/c1-30-49-14-13-43(54-30)66-36-9-7-35(8-10-36)64-41-19-32(57-15-17-61-18-16-57)22-59-44(41)39(21-48)40(56-59)26-62-47(2)27-50-46(51-28-47)55-31-3-5-34(6-4-31)65-42-20-33(23-60-45(42)52-29-53-60)58-24-37-11-12-38(25-58)63-37/h13-14,19-20,22-23,27,29,31,34-38H,3-12,15-18,24-26,28H2,1-2H3,(H,51,55). The molecule has 3 saturated heterocycles. The van der Waals surface area contributed by atoms with Crippen LogP contribution >= 0.6 is 0 Å². The van der Waals surface area contributed by atoms with Gasteiger partial charge in [-0.1, -0.05) is 0 Å². The van der Waals surface area contributed by atoms with E-state index in [0.29, 0.717) is 59.9 Å². The summed E-state index contributed by atoms with van der Waals surface area (Å²) in [6, 6.07) is 8.62. The summed E-state index contributed by atoms with van der Waals surface area (Å²) >= 11 is 0. The fourth-order valence-corrected chi connectivity index (χ4v) is 10.2. The first-order valence-electron chi connectivity index (χ1n) is 23.6. The van der Waals surface area contributed by atoms with Crippen molar-refractivity contribution >= 4 is 34.7 Å². The Morgan fingerprint density at radius 2 is 1.55 bits per heavy atom. The summed E-state index contributed by atoms with van der Waals surface area (Å²) in [5, 5.41) is 23.5. The molecule has 4 aliphatic heterocycles. The van der Waals surface area contributed by atoms with E-state index in [1.807, 2.05) is 43.0 Å². The Hall–Kier alpha value is -6.10. The average molecular weight is 900 g/mol. The SMILES string of the molecule is Cc1nccc(OC2CCC(Oc3cc(N4CCOCC4)cn4nc(COC5(C)C=NC(NC6CCC(Oc7cc(N8CC9CCC(C8)O9)cn8ncnc78)CC6)=NC5)c(C#N)c34)CC2)n1. The zero-order chi connectivity index (χ0) is 44.6. The lowest BCUT2D eigenvalue weighted by atomic mass is 9.93. The summed E-state index contributed by atoms with van der Waals surface area (Å²) < 4.78 is 41.5. The molecule has 2 bridgehead atoms. The maximum atomic E-state index is 10.6. The Kier molecular flexibility index (Phi) is 11.8. The maximum absolute atomic E-state index is 10.6. The van der Waals surface area contributed by atoms with Gasteiger partial charge in [0, 0.05) is 62.8 Å². The van der Waals surface area contributed by atoms with Gasteiger partial charge in [0.2, 0.25) is 11.8 Å². The molecular weight excluding hydrogens is 843 g/mol. The van der Waals surface area contributed by atoms with Crippen LogP contribution in [0, 0.1) is 18.3 Å². The minimum atomic E-state index is -0.787. The molecule has 0 aromatic carbocycles. The third kappa shape index (κ3) is 9.18. The van der Waals surface area contributed by atoms with E-state index in [2.05, 4.69) is 47.3 Å². The van der Waals surface area contributed by atoms with Crippen LogP contribution in [-0.4, -0.2) is 134 Å². The van der Waals surface area contributed by atoms with Crippen LogP contribution in [0.2, 0.25) is 0 Å². The highest BCUT2D eigenvalue weighted by atomic mass is 16.5. The average Bonchev–Trinajstić information content (AvgIpc) is 4.07. The van der Waals surface area contributed by atoms with Gasteiger partial charge in [0.1, 0.15) is 52.4 Å². The Morgan fingerprint density at radius 1 is 0.848 bits per heavy atom. The van der Waals surface area contributed by atoms with Crippen molar-refractivity contribution in [1.29, 1.82) is 5.26 Å². The van der Waals surface area contributed by atoms with Crippen molar-refractivity contribution in [3.8, 4) is 23.4 Å². The van der Waals surface area contributed by atoms with Gasteiger partial charge in [0.25, 0.3) is 0 Å².